The number of ether oxygens (including phenoxy) is 2. The van der Waals surface area contributed by atoms with Gasteiger partial charge in [0.25, 0.3) is 0 Å². The molecule has 4 rings (SSSR count). The molecule has 0 spiro atoms. The molecule has 1 aliphatic heterocycles. The number of halogens is 4. The number of hydrogen-bond acceptors (Lipinski definition) is 6. The van der Waals surface area contributed by atoms with Gasteiger partial charge in [0.15, 0.2) is 0 Å². The van der Waals surface area contributed by atoms with E-state index in [1.54, 1.807) is 30.3 Å². The number of cyclic esters (lactones) is 1. The average molecular weight is 730 g/mol. The highest BCUT2D eigenvalue weighted by molar-refractivity contribution is 9.11. The predicted octanol–water partition coefficient (Wildman–Crippen LogP) is 7.39. The highest BCUT2D eigenvalue weighted by Gasteiger charge is 2.36. The Morgan fingerprint density at radius 2 is 1.49 bits per heavy atom. The van der Waals surface area contributed by atoms with Crippen LogP contribution >= 0.6 is 63.7 Å². The minimum absolute atomic E-state index is 0.00293. The molecule has 35 heavy (non-hydrogen) atoms. The van der Waals surface area contributed by atoms with E-state index in [-0.39, 0.29) is 34.0 Å². The zero-order chi connectivity index (χ0) is 25.4. The quantitative estimate of drug-likeness (QED) is 0.162. The molecule has 3 aromatic carbocycles. The maximum atomic E-state index is 13.4. The van der Waals surface area contributed by atoms with Gasteiger partial charge in [-0.3, -0.25) is 4.79 Å². The normalized spacial score (nSPS) is 14.4. The number of rotatable bonds is 5. The van der Waals surface area contributed by atoms with Crippen LogP contribution in [0.2, 0.25) is 0 Å². The first-order valence-corrected chi connectivity index (χ1v) is 13.0. The minimum atomic E-state index is -0.802. The molecular formula is C25H14Br4O6. The van der Waals surface area contributed by atoms with Crippen molar-refractivity contribution < 1.29 is 29.3 Å². The molecule has 0 radical (unpaired) electrons. The number of carbonyl (C=O) groups is 2. The van der Waals surface area contributed by atoms with Crippen molar-refractivity contribution in [3.05, 3.63) is 94.4 Å². The van der Waals surface area contributed by atoms with Gasteiger partial charge in [-0.15, -0.1) is 0 Å². The molecule has 0 aromatic heterocycles. The fourth-order valence-corrected chi connectivity index (χ4v) is 6.23. The fourth-order valence-electron chi connectivity index (χ4n) is 3.50. The number of aromatic hydroxyl groups is 2. The van der Waals surface area contributed by atoms with Gasteiger partial charge in [-0.1, -0.05) is 0 Å². The summed E-state index contributed by atoms with van der Waals surface area (Å²) >= 11 is 13.5. The summed E-state index contributed by atoms with van der Waals surface area (Å²) in [5.74, 6) is -0.628. The molecule has 1 heterocycles. The summed E-state index contributed by atoms with van der Waals surface area (Å²) in [4.78, 5) is 26.5. The molecule has 0 atom stereocenters. The van der Waals surface area contributed by atoms with Crippen LogP contribution in [0.25, 0.3) is 11.6 Å². The number of phenolic OH excluding ortho intramolecular Hbond substituents is 2. The first-order chi connectivity index (χ1) is 16.6. The van der Waals surface area contributed by atoms with E-state index in [9.17, 15) is 19.8 Å². The van der Waals surface area contributed by atoms with Gasteiger partial charge >= 0.3 is 5.97 Å². The Morgan fingerprint density at radius 3 is 2.03 bits per heavy atom. The molecule has 6 nitrogen and oxygen atoms in total. The van der Waals surface area contributed by atoms with Crippen molar-refractivity contribution in [2.45, 2.75) is 0 Å². The van der Waals surface area contributed by atoms with Crippen molar-refractivity contribution in [2.75, 3.05) is 7.11 Å². The van der Waals surface area contributed by atoms with E-state index < -0.39 is 11.8 Å². The van der Waals surface area contributed by atoms with Gasteiger partial charge < -0.3 is 19.7 Å². The van der Waals surface area contributed by atoms with Crippen LogP contribution in [0.5, 0.6) is 17.2 Å². The summed E-state index contributed by atoms with van der Waals surface area (Å²) in [7, 11) is 1.53. The lowest BCUT2D eigenvalue weighted by Crippen LogP contribution is -2.11. The van der Waals surface area contributed by atoms with E-state index in [1.807, 2.05) is 0 Å². The summed E-state index contributed by atoms with van der Waals surface area (Å²) in [5.41, 5.74) is 1.49. The summed E-state index contributed by atoms with van der Waals surface area (Å²) in [6.45, 7) is 0. The maximum Gasteiger partial charge on any atom is 0.348 e. The molecule has 0 saturated carbocycles. The third-order valence-corrected chi connectivity index (χ3v) is 7.47. The van der Waals surface area contributed by atoms with Crippen molar-refractivity contribution in [1.82, 2.24) is 0 Å². The summed E-state index contributed by atoms with van der Waals surface area (Å²) in [6, 6.07) is 12.4. The molecule has 0 bridgehead atoms. The number of esters is 1. The molecule has 1 aliphatic rings. The summed E-state index contributed by atoms with van der Waals surface area (Å²) < 4.78 is 13.0. The Morgan fingerprint density at radius 1 is 0.914 bits per heavy atom. The molecule has 2 N–H and O–H groups in total. The average Bonchev–Trinajstić information content (AvgIpc) is 3.12. The fraction of sp³-hybridized carbons (Fsp3) is 0.0400. The lowest BCUT2D eigenvalue weighted by molar-refractivity contribution is -0.132. The summed E-state index contributed by atoms with van der Waals surface area (Å²) in [6.07, 6.45) is 1.60. The number of hydrogen-bond donors (Lipinski definition) is 2. The van der Waals surface area contributed by atoms with Crippen LogP contribution in [0.1, 0.15) is 21.5 Å². The topological polar surface area (TPSA) is 93.1 Å². The number of ketones is 1. The largest absolute Gasteiger partial charge is 0.508 e. The Balaban J connectivity index is 1.96. The smallest absolute Gasteiger partial charge is 0.348 e. The Bertz CT molecular complexity index is 1390. The Kier molecular flexibility index (Phi) is 7.56. The first kappa shape index (κ1) is 25.7. The van der Waals surface area contributed by atoms with Gasteiger partial charge in [0.05, 0.1) is 25.0 Å². The Hall–Kier alpha value is -2.40. The molecule has 0 unspecified atom stereocenters. The lowest BCUT2D eigenvalue weighted by atomic mass is 9.93. The number of benzene rings is 3. The third-order valence-electron chi connectivity index (χ3n) is 5.09. The van der Waals surface area contributed by atoms with Gasteiger partial charge in [-0.25, -0.2) is 4.79 Å². The van der Waals surface area contributed by atoms with Crippen LogP contribution in [-0.2, 0) is 9.53 Å². The molecule has 0 fully saturated rings. The van der Waals surface area contributed by atoms with Crippen molar-refractivity contribution >= 4 is 87.1 Å². The number of methoxy groups -OCH3 is 1. The molecule has 0 saturated heterocycles. The second-order valence-electron chi connectivity index (χ2n) is 7.33. The number of Topliss-reactive ketones (excluding diaryl/α,β-unsaturated/α-hetero) is 1. The molecule has 0 aliphatic carbocycles. The highest BCUT2D eigenvalue weighted by atomic mass is 79.9. The van der Waals surface area contributed by atoms with Gasteiger partial charge in [-0.05, 0) is 129 Å². The van der Waals surface area contributed by atoms with Crippen LogP contribution in [0, 0.1) is 0 Å². The minimum Gasteiger partial charge on any atom is -0.508 e. The van der Waals surface area contributed by atoms with Crippen LogP contribution in [0.15, 0.2) is 77.8 Å². The maximum absolute atomic E-state index is 13.4. The molecule has 10 heteroatoms. The number of carbonyl (C=O) groups excluding carboxylic acids is 2. The van der Waals surface area contributed by atoms with E-state index in [2.05, 4.69) is 63.7 Å². The van der Waals surface area contributed by atoms with Crippen molar-refractivity contribution in [3.63, 3.8) is 0 Å². The zero-order valence-corrected chi connectivity index (χ0v) is 24.1. The van der Waals surface area contributed by atoms with Crippen LogP contribution in [0.4, 0.5) is 0 Å². The van der Waals surface area contributed by atoms with Crippen molar-refractivity contribution in [3.8, 4) is 17.2 Å². The van der Waals surface area contributed by atoms with E-state index in [1.165, 1.54) is 31.4 Å². The predicted molar refractivity (Wildman–Crippen MR) is 145 cm³/mol. The van der Waals surface area contributed by atoms with E-state index in [0.29, 0.717) is 34.8 Å². The van der Waals surface area contributed by atoms with E-state index in [0.717, 1.165) is 0 Å². The first-order valence-electron chi connectivity index (χ1n) is 9.84. The van der Waals surface area contributed by atoms with Crippen LogP contribution in [-0.4, -0.2) is 29.1 Å². The highest BCUT2D eigenvalue weighted by Crippen LogP contribution is 2.43. The standard InChI is InChI=1S/C25H14Br4O6/c1-34-24-17(28)9-13(10-18(24)29)20-19(8-11-6-15(26)23(32)16(27)7-11)35-25(33)21(20)22(31)12-2-4-14(30)5-3-12/h2-10,30,32H,1H3/b19-8-. The van der Waals surface area contributed by atoms with E-state index >= 15 is 0 Å². The van der Waals surface area contributed by atoms with Crippen LogP contribution < -0.4 is 4.74 Å². The van der Waals surface area contributed by atoms with Crippen molar-refractivity contribution in [1.29, 1.82) is 0 Å². The second-order valence-corrected chi connectivity index (χ2v) is 10.7. The monoisotopic (exact) mass is 726 g/mol. The summed E-state index contributed by atoms with van der Waals surface area (Å²) in [5, 5.41) is 19.6. The molecule has 0 amide bonds. The van der Waals surface area contributed by atoms with Crippen LogP contribution in [0.3, 0.4) is 0 Å². The SMILES string of the molecule is COc1c(Br)cc(C2=C(C(=O)c3ccc(O)cc3)C(=O)O/C2=C\c2cc(Br)c(O)c(Br)c2)cc1Br. The second kappa shape index (κ2) is 10.3. The number of phenols is 2. The van der Waals surface area contributed by atoms with E-state index in [4.69, 9.17) is 9.47 Å². The number of allylic oxidation sites excluding steroid dienone is 1. The van der Waals surface area contributed by atoms with Gasteiger partial charge in [0.1, 0.15) is 28.6 Å². The van der Waals surface area contributed by atoms with Gasteiger partial charge in [0.2, 0.25) is 5.78 Å². The molecular weight excluding hydrogens is 716 g/mol. The van der Waals surface area contributed by atoms with Gasteiger partial charge in [0, 0.05) is 11.1 Å². The Labute approximate surface area is 233 Å². The van der Waals surface area contributed by atoms with Gasteiger partial charge in [-0.2, -0.15) is 0 Å². The lowest BCUT2D eigenvalue weighted by Gasteiger charge is -2.12. The zero-order valence-electron chi connectivity index (χ0n) is 17.7. The molecule has 178 valence electrons. The van der Waals surface area contributed by atoms with Crippen molar-refractivity contribution in [2.24, 2.45) is 0 Å². The third kappa shape index (κ3) is 5.11. The molecule has 3 aromatic rings.